The number of amides is 1. The number of anilines is 1. The predicted octanol–water partition coefficient (Wildman–Crippen LogP) is 3.05. The molecule has 0 aliphatic rings. The van der Waals surface area contributed by atoms with Crippen LogP contribution in [-0.2, 0) is 16.0 Å². The van der Waals surface area contributed by atoms with E-state index in [9.17, 15) is 9.59 Å². The normalized spacial score (nSPS) is 10.0. The molecule has 0 aliphatic heterocycles. The number of carbonyl (C=O) groups is 2. The van der Waals surface area contributed by atoms with Gasteiger partial charge >= 0.3 is 5.97 Å². The van der Waals surface area contributed by atoms with Gasteiger partial charge < -0.3 is 14.8 Å². The zero-order valence-corrected chi connectivity index (χ0v) is 13.2. The maximum atomic E-state index is 12.0. The number of hydrogen-bond acceptors (Lipinski definition) is 4. The molecule has 2 rings (SSSR count). The zero-order chi connectivity index (χ0) is 16.7. The van der Waals surface area contributed by atoms with Gasteiger partial charge in [0.2, 0.25) is 5.91 Å². The zero-order valence-electron chi connectivity index (χ0n) is 13.2. The van der Waals surface area contributed by atoms with Crippen LogP contribution in [0.2, 0.25) is 0 Å². The Bertz CT molecular complexity index is 662. The first-order chi connectivity index (χ1) is 11.1. The van der Waals surface area contributed by atoms with Gasteiger partial charge in [0.1, 0.15) is 5.75 Å². The first-order valence-corrected chi connectivity index (χ1v) is 7.32. The Kier molecular flexibility index (Phi) is 5.74. The van der Waals surface area contributed by atoms with E-state index in [2.05, 4.69) is 5.32 Å². The summed E-state index contributed by atoms with van der Waals surface area (Å²) in [6.45, 7) is 2.09. The van der Waals surface area contributed by atoms with E-state index in [4.69, 9.17) is 9.47 Å². The lowest BCUT2D eigenvalue weighted by Gasteiger charge is -2.07. The van der Waals surface area contributed by atoms with Gasteiger partial charge in [-0.15, -0.1) is 0 Å². The largest absolute Gasteiger partial charge is 0.497 e. The van der Waals surface area contributed by atoms with E-state index in [-0.39, 0.29) is 18.3 Å². The number of hydrogen-bond donors (Lipinski definition) is 1. The fraction of sp³-hybridized carbons (Fsp3) is 0.222. The molecule has 0 radical (unpaired) electrons. The highest BCUT2D eigenvalue weighted by molar-refractivity contribution is 5.94. The summed E-state index contributed by atoms with van der Waals surface area (Å²) >= 11 is 0. The molecule has 2 aromatic rings. The van der Waals surface area contributed by atoms with Crippen molar-refractivity contribution in [1.29, 1.82) is 0 Å². The Morgan fingerprint density at radius 3 is 2.22 bits per heavy atom. The van der Waals surface area contributed by atoms with Crippen molar-refractivity contribution >= 4 is 17.6 Å². The van der Waals surface area contributed by atoms with Crippen molar-refractivity contribution < 1.29 is 19.1 Å². The van der Waals surface area contributed by atoms with Crippen molar-refractivity contribution in [2.75, 3.05) is 19.0 Å². The van der Waals surface area contributed by atoms with Crippen LogP contribution in [0.5, 0.6) is 5.75 Å². The van der Waals surface area contributed by atoms with Crippen LogP contribution < -0.4 is 10.1 Å². The van der Waals surface area contributed by atoms with Gasteiger partial charge in [0.15, 0.2) is 0 Å². The predicted molar refractivity (Wildman–Crippen MR) is 87.7 cm³/mol. The van der Waals surface area contributed by atoms with E-state index < -0.39 is 0 Å². The third kappa shape index (κ3) is 4.85. The van der Waals surface area contributed by atoms with Gasteiger partial charge in [-0.3, -0.25) is 4.79 Å². The number of carbonyl (C=O) groups excluding carboxylic acids is 2. The van der Waals surface area contributed by atoms with Crippen LogP contribution in [0, 0.1) is 0 Å². The molecule has 0 fully saturated rings. The fourth-order valence-corrected chi connectivity index (χ4v) is 2.04. The molecule has 0 heterocycles. The minimum atomic E-state index is -0.372. The number of methoxy groups -OCH3 is 1. The first-order valence-electron chi connectivity index (χ1n) is 7.32. The Morgan fingerprint density at radius 1 is 1.00 bits per heavy atom. The Balaban J connectivity index is 1.93. The summed E-state index contributed by atoms with van der Waals surface area (Å²) in [5, 5.41) is 2.79. The van der Waals surface area contributed by atoms with Crippen LogP contribution in [0.1, 0.15) is 22.8 Å². The van der Waals surface area contributed by atoms with Crippen molar-refractivity contribution in [3.63, 3.8) is 0 Å². The second-order valence-electron chi connectivity index (χ2n) is 4.87. The van der Waals surface area contributed by atoms with Crippen molar-refractivity contribution in [3.05, 3.63) is 59.7 Å². The highest BCUT2D eigenvalue weighted by atomic mass is 16.5. The Morgan fingerprint density at radius 2 is 1.65 bits per heavy atom. The molecule has 23 heavy (non-hydrogen) atoms. The molecule has 0 aliphatic carbocycles. The molecule has 0 spiro atoms. The first kappa shape index (κ1) is 16.5. The number of esters is 1. The molecular formula is C18H19NO4. The minimum absolute atomic E-state index is 0.126. The maximum absolute atomic E-state index is 12.0. The molecule has 0 saturated carbocycles. The molecule has 5 heteroatoms. The summed E-state index contributed by atoms with van der Waals surface area (Å²) in [6.07, 6.45) is 0.267. The van der Waals surface area contributed by atoms with Crippen molar-refractivity contribution in [2.45, 2.75) is 13.3 Å². The van der Waals surface area contributed by atoms with Crippen LogP contribution in [0.15, 0.2) is 48.5 Å². The van der Waals surface area contributed by atoms with E-state index in [0.717, 1.165) is 11.3 Å². The van der Waals surface area contributed by atoms with Crippen LogP contribution >= 0.6 is 0 Å². The molecule has 0 atom stereocenters. The second-order valence-corrected chi connectivity index (χ2v) is 4.87. The second kappa shape index (κ2) is 7.98. The van der Waals surface area contributed by atoms with Gasteiger partial charge in [-0.1, -0.05) is 12.1 Å². The third-order valence-electron chi connectivity index (χ3n) is 3.20. The van der Waals surface area contributed by atoms with Crippen LogP contribution in [0.25, 0.3) is 0 Å². The lowest BCUT2D eigenvalue weighted by Crippen LogP contribution is -2.14. The van der Waals surface area contributed by atoms with Gasteiger partial charge in [0.05, 0.1) is 25.7 Å². The summed E-state index contributed by atoms with van der Waals surface area (Å²) in [6, 6.07) is 13.9. The highest BCUT2D eigenvalue weighted by Crippen LogP contribution is 2.14. The SMILES string of the molecule is CCOC(=O)c1ccc(NC(=O)Cc2ccc(OC)cc2)cc1. The summed E-state index contributed by atoms with van der Waals surface area (Å²) < 4.78 is 9.99. The number of rotatable bonds is 6. The number of ether oxygens (including phenoxy) is 2. The van der Waals surface area contributed by atoms with Gasteiger partial charge in [-0.25, -0.2) is 4.79 Å². The van der Waals surface area contributed by atoms with Crippen molar-refractivity contribution in [1.82, 2.24) is 0 Å². The summed E-state index contributed by atoms with van der Waals surface area (Å²) in [5.74, 6) is 0.256. The lowest BCUT2D eigenvalue weighted by molar-refractivity contribution is -0.115. The van der Waals surface area contributed by atoms with Crippen molar-refractivity contribution in [2.24, 2.45) is 0 Å². The fourth-order valence-electron chi connectivity index (χ4n) is 2.04. The van der Waals surface area contributed by atoms with E-state index in [1.807, 2.05) is 24.3 Å². The van der Waals surface area contributed by atoms with Crippen molar-refractivity contribution in [3.8, 4) is 5.75 Å². The molecular weight excluding hydrogens is 294 g/mol. The van der Waals surface area contributed by atoms with Gasteiger partial charge in [0.25, 0.3) is 0 Å². The Hall–Kier alpha value is -2.82. The van der Waals surface area contributed by atoms with E-state index in [1.165, 1.54) is 0 Å². The minimum Gasteiger partial charge on any atom is -0.497 e. The lowest BCUT2D eigenvalue weighted by atomic mass is 10.1. The molecule has 0 unspecified atom stereocenters. The van der Waals surface area contributed by atoms with E-state index in [1.54, 1.807) is 38.3 Å². The summed E-state index contributed by atoms with van der Waals surface area (Å²) in [5.41, 5.74) is 1.99. The number of nitrogens with one attached hydrogen (secondary N) is 1. The smallest absolute Gasteiger partial charge is 0.338 e. The molecule has 0 aromatic heterocycles. The molecule has 5 nitrogen and oxygen atoms in total. The van der Waals surface area contributed by atoms with E-state index in [0.29, 0.717) is 17.9 Å². The highest BCUT2D eigenvalue weighted by Gasteiger charge is 2.08. The monoisotopic (exact) mass is 313 g/mol. The van der Waals surface area contributed by atoms with Gasteiger partial charge in [-0.05, 0) is 48.9 Å². The topological polar surface area (TPSA) is 64.6 Å². The molecule has 0 saturated heterocycles. The molecule has 1 N–H and O–H groups in total. The molecule has 1 amide bonds. The third-order valence-corrected chi connectivity index (χ3v) is 3.20. The average molecular weight is 313 g/mol. The van der Waals surface area contributed by atoms with E-state index >= 15 is 0 Å². The van der Waals surface area contributed by atoms with Crippen LogP contribution in [0.3, 0.4) is 0 Å². The quantitative estimate of drug-likeness (QED) is 0.833. The Labute approximate surface area is 135 Å². The van der Waals surface area contributed by atoms with Crippen LogP contribution in [-0.4, -0.2) is 25.6 Å². The van der Waals surface area contributed by atoms with Gasteiger partial charge in [-0.2, -0.15) is 0 Å². The number of benzene rings is 2. The molecule has 0 bridgehead atoms. The van der Waals surface area contributed by atoms with Gasteiger partial charge in [0, 0.05) is 5.69 Å². The molecule has 2 aromatic carbocycles. The average Bonchev–Trinajstić information content (AvgIpc) is 2.56. The molecule has 120 valence electrons. The summed E-state index contributed by atoms with van der Waals surface area (Å²) in [7, 11) is 1.60. The standard InChI is InChI=1S/C18H19NO4/c1-3-23-18(21)14-6-8-15(9-7-14)19-17(20)12-13-4-10-16(22-2)11-5-13/h4-11H,3,12H2,1-2H3,(H,19,20). The van der Waals surface area contributed by atoms with Crippen LogP contribution in [0.4, 0.5) is 5.69 Å². The maximum Gasteiger partial charge on any atom is 0.338 e. The summed E-state index contributed by atoms with van der Waals surface area (Å²) in [4.78, 5) is 23.6.